The summed E-state index contributed by atoms with van der Waals surface area (Å²) in [5.41, 5.74) is 1.98. The number of aliphatic imine (C=N–C) groups is 1. The highest BCUT2D eigenvalue weighted by Gasteiger charge is 2.15. The molecule has 0 radical (unpaired) electrons. The number of aromatic nitrogens is 1. The van der Waals surface area contributed by atoms with Crippen LogP contribution in [0.4, 0.5) is 0 Å². The van der Waals surface area contributed by atoms with Crippen LogP contribution in [0, 0.1) is 0 Å². The zero-order valence-electron chi connectivity index (χ0n) is 16.1. The van der Waals surface area contributed by atoms with Crippen molar-refractivity contribution in [2.24, 2.45) is 4.99 Å². The third-order valence-corrected chi connectivity index (χ3v) is 3.86. The lowest BCUT2D eigenvalue weighted by Gasteiger charge is -2.17. The first-order valence-electron chi connectivity index (χ1n) is 8.35. The largest absolute Gasteiger partial charge is 0.493 e. The molecule has 2 N–H and O–H groups in total. The van der Waals surface area contributed by atoms with E-state index in [0.717, 1.165) is 24.2 Å². The highest BCUT2D eigenvalue weighted by molar-refractivity contribution is 14.0. The first-order chi connectivity index (χ1) is 12.7. The lowest BCUT2D eigenvalue weighted by Crippen LogP contribution is -2.38. The predicted molar refractivity (Wildman–Crippen MR) is 118 cm³/mol. The molecule has 0 spiro atoms. The second-order valence-electron chi connectivity index (χ2n) is 5.42. The van der Waals surface area contributed by atoms with Gasteiger partial charge in [-0.1, -0.05) is 6.07 Å². The molecular weight excluding hydrogens is 459 g/mol. The molecule has 0 aliphatic carbocycles. The van der Waals surface area contributed by atoms with Gasteiger partial charge in [0.1, 0.15) is 0 Å². The van der Waals surface area contributed by atoms with Crippen LogP contribution in [0.15, 0.2) is 41.5 Å². The summed E-state index contributed by atoms with van der Waals surface area (Å²) in [6.07, 6.45) is 2.62. The molecule has 0 aliphatic heterocycles. The van der Waals surface area contributed by atoms with Gasteiger partial charge in [0, 0.05) is 44.0 Å². The smallest absolute Gasteiger partial charge is 0.203 e. The molecular formula is C19H27IN4O3. The summed E-state index contributed by atoms with van der Waals surface area (Å²) >= 11 is 0. The summed E-state index contributed by atoms with van der Waals surface area (Å²) in [4.78, 5) is 8.55. The summed E-state index contributed by atoms with van der Waals surface area (Å²) in [6.45, 7) is 1.27. The SMILES string of the molecule is CN=C(NCCc1ccccn1)NCc1ccc(OC)c(OC)c1OC.I. The topological polar surface area (TPSA) is 77.0 Å². The number of benzene rings is 1. The molecule has 0 unspecified atom stereocenters. The number of nitrogens with one attached hydrogen (secondary N) is 2. The molecule has 2 rings (SSSR count). The van der Waals surface area contributed by atoms with Gasteiger partial charge in [-0.15, -0.1) is 24.0 Å². The van der Waals surface area contributed by atoms with Crippen LogP contribution in [-0.4, -0.2) is 45.9 Å². The van der Waals surface area contributed by atoms with E-state index >= 15 is 0 Å². The fourth-order valence-corrected chi connectivity index (χ4v) is 2.56. The first-order valence-corrected chi connectivity index (χ1v) is 8.35. The zero-order valence-corrected chi connectivity index (χ0v) is 18.4. The highest BCUT2D eigenvalue weighted by atomic mass is 127. The van der Waals surface area contributed by atoms with Crippen molar-refractivity contribution in [1.29, 1.82) is 0 Å². The number of guanidine groups is 1. The molecule has 0 amide bonds. The van der Waals surface area contributed by atoms with Crippen LogP contribution in [0.1, 0.15) is 11.3 Å². The third kappa shape index (κ3) is 6.46. The van der Waals surface area contributed by atoms with Gasteiger partial charge < -0.3 is 24.8 Å². The Labute approximate surface area is 177 Å². The van der Waals surface area contributed by atoms with Crippen molar-refractivity contribution in [3.8, 4) is 17.2 Å². The Morgan fingerprint density at radius 1 is 1.00 bits per heavy atom. The summed E-state index contributed by atoms with van der Waals surface area (Å²) in [5.74, 6) is 2.56. The summed E-state index contributed by atoms with van der Waals surface area (Å²) < 4.78 is 16.2. The number of methoxy groups -OCH3 is 3. The van der Waals surface area contributed by atoms with Crippen molar-refractivity contribution in [1.82, 2.24) is 15.6 Å². The first kappa shape index (κ1) is 22.8. The highest BCUT2D eigenvalue weighted by Crippen LogP contribution is 2.39. The van der Waals surface area contributed by atoms with E-state index in [1.165, 1.54) is 0 Å². The average Bonchev–Trinajstić information content (AvgIpc) is 2.70. The Morgan fingerprint density at radius 3 is 2.37 bits per heavy atom. The summed E-state index contributed by atoms with van der Waals surface area (Å²) in [5, 5.41) is 6.56. The van der Waals surface area contributed by atoms with Crippen molar-refractivity contribution < 1.29 is 14.2 Å². The fourth-order valence-electron chi connectivity index (χ4n) is 2.56. The van der Waals surface area contributed by atoms with Gasteiger partial charge >= 0.3 is 0 Å². The Balaban J connectivity index is 0.00000364. The van der Waals surface area contributed by atoms with Gasteiger partial charge in [0.05, 0.1) is 21.3 Å². The van der Waals surface area contributed by atoms with E-state index in [9.17, 15) is 0 Å². The molecule has 1 aromatic heterocycles. The van der Waals surface area contributed by atoms with Gasteiger partial charge in [-0.05, 0) is 24.3 Å². The standard InChI is InChI=1S/C19H26N4O3.HI/c1-20-19(22-12-10-15-7-5-6-11-21-15)23-13-14-8-9-16(24-2)18(26-4)17(14)25-3;/h5-9,11H,10,12-13H2,1-4H3,(H2,20,22,23);1H. The molecule has 0 saturated carbocycles. The van der Waals surface area contributed by atoms with Gasteiger partial charge in [0.2, 0.25) is 5.75 Å². The number of ether oxygens (including phenoxy) is 3. The van der Waals surface area contributed by atoms with Crippen LogP contribution in [0.5, 0.6) is 17.2 Å². The van der Waals surface area contributed by atoms with E-state index in [-0.39, 0.29) is 24.0 Å². The molecule has 0 atom stereocenters. The van der Waals surface area contributed by atoms with Crippen LogP contribution in [0.25, 0.3) is 0 Å². The van der Waals surface area contributed by atoms with E-state index in [1.54, 1.807) is 34.6 Å². The van der Waals surface area contributed by atoms with Crippen molar-refractivity contribution in [3.05, 3.63) is 47.8 Å². The van der Waals surface area contributed by atoms with Crippen LogP contribution in [0.3, 0.4) is 0 Å². The lowest BCUT2D eigenvalue weighted by molar-refractivity contribution is 0.322. The second kappa shape index (κ2) is 12.2. The van der Waals surface area contributed by atoms with E-state index in [1.807, 2.05) is 30.3 Å². The minimum atomic E-state index is 0. The maximum absolute atomic E-state index is 5.50. The van der Waals surface area contributed by atoms with Crippen molar-refractivity contribution in [2.75, 3.05) is 34.9 Å². The molecule has 0 aliphatic rings. The number of hydrogen-bond donors (Lipinski definition) is 2. The molecule has 0 saturated heterocycles. The van der Waals surface area contributed by atoms with Crippen molar-refractivity contribution in [3.63, 3.8) is 0 Å². The van der Waals surface area contributed by atoms with E-state index in [0.29, 0.717) is 29.8 Å². The minimum Gasteiger partial charge on any atom is -0.493 e. The van der Waals surface area contributed by atoms with Crippen LogP contribution in [0.2, 0.25) is 0 Å². The molecule has 2 aromatic rings. The third-order valence-electron chi connectivity index (χ3n) is 3.86. The van der Waals surface area contributed by atoms with Gasteiger partial charge in [-0.3, -0.25) is 9.98 Å². The number of nitrogens with zero attached hydrogens (tertiary/aromatic N) is 2. The molecule has 7 nitrogen and oxygen atoms in total. The maximum atomic E-state index is 5.50. The molecule has 0 fully saturated rings. The molecule has 27 heavy (non-hydrogen) atoms. The quantitative estimate of drug-likeness (QED) is 0.340. The minimum absolute atomic E-state index is 0. The average molecular weight is 486 g/mol. The van der Waals surface area contributed by atoms with E-state index in [4.69, 9.17) is 14.2 Å². The monoisotopic (exact) mass is 486 g/mol. The normalized spacial score (nSPS) is 10.6. The molecule has 1 aromatic carbocycles. The van der Waals surface area contributed by atoms with Crippen LogP contribution >= 0.6 is 24.0 Å². The van der Waals surface area contributed by atoms with Gasteiger partial charge in [-0.2, -0.15) is 0 Å². The number of hydrogen-bond acceptors (Lipinski definition) is 5. The predicted octanol–water partition coefficient (Wildman–Crippen LogP) is 2.63. The molecule has 8 heteroatoms. The van der Waals surface area contributed by atoms with E-state index < -0.39 is 0 Å². The summed E-state index contributed by atoms with van der Waals surface area (Å²) in [7, 11) is 6.54. The Hall–Kier alpha value is -2.23. The van der Waals surface area contributed by atoms with Gasteiger partial charge in [-0.25, -0.2) is 0 Å². The number of rotatable bonds is 8. The van der Waals surface area contributed by atoms with Crippen molar-refractivity contribution >= 4 is 29.9 Å². The Bertz CT molecular complexity index is 726. The Morgan fingerprint density at radius 2 is 1.78 bits per heavy atom. The van der Waals surface area contributed by atoms with Crippen LogP contribution < -0.4 is 24.8 Å². The molecule has 0 bridgehead atoms. The number of pyridine rings is 1. The maximum Gasteiger partial charge on any atom is 0.203 e. The van der Waals surface area contributed by atoms with Crippen LogP contribution in [-0.2, 0) is 13.0 Å². The van der Waals surface area contributed by atoms with E-state index in [2.05, 4.69) is 20.6 Å². The number of halogens is 1. The lowest BCUT2D eigenvalue weighted by atomic mass is 10.1. The Kier molecular flexibility index (Phi) is 10.3. The molecule has 1 heterocycles. The zero-order chi connectivity index (χ0) is 18.8. The molecule has 148 valence electrons. The summed E-state index contributed by atoms with van der Waals surface area (Å²) in [6, 6.07) is 9.70. The fraction of sp³-hybridized carbons (Fsp3) is 0.368. The second-order valence-corrected chi connectivity index (χ2v) is 5.42. The van der Waals surface area contributed by atoms with Gasteiger partial charge in [0.15, 0.2) is 17.5 Å². The van der Waals surface area contributed by atoms with Crippen molar-refractivity contribution in [2.45, 2.75) is 13.0 Å². The van der Waals surface area contributed by atoms with Gasteiger partial charge in [0.25, 0.3) is 0 Å².